The molecule has 3 N–H and O–H groups in total. The minimum absolute atomic E-state index is 0.0771. The van der Waals surface area contributed by atoms with E-state index in [2.05, 4.69) is 39.6 Å². The normalized spacial score (nSPS) is 18.5. The summed E-state index contributed by atoms with van der Waals surface area (Å²) in [6.45, 7) is 0.511. The second-order valence-electron chi connectivity index (χ2n) is 9.39. The Kier molecular flexibility index (Phi) is 4.36. The van der Waals surface area contributed by atoms with Crippen molar-refractivity contribution in [1.82, 2.24) is 20.2 Å². The van der Waals surface area contributed by atoms with E-state index in [0.29, 0.717) is 18.5 Å². The van der Waals surface area contributed by atoms with E-state index in [1.807, 2.05) is 54.7 Å². The van der Waals surface area contributed by atoms with Crippen molar-refractivity contribution in [2.45, 2.75) is 24.9 Å². The highest BCUT2D eigenvalue weighted by molar-refractivity contribution is 6.03. The van der Waals surface area contributed by atoms with Gasteiger partial charge in [0.15, 0.2) is 0 Å². The molecule has 5 aromatic rings. The molecule has 0 unspecified atom stereocenters. The number of fused-ring (bicyclic) bond motifs is 8. The number of aromatic amines is 2. The van der Waals surface area contributed by atoms with Crippen molar-refractivity contribution in [2.75, 3.05) is 6.54 Å². The summed E-state index contributed by atoms with van der Waals surface area (Å²) >= 11 is 0. The number of carbonyl (C=O) groups excluding carboxylic acids is 2. The molecule has 0 saturated heterocycles. The van der Waals surface area contributed by atoms with Gasteiger partial charge in [0.1, 0.15) is 6.04 Å². The maximum atomic E-state index is 13.6. The quantitative estimate of drug-likeness (QED) is 0.370. The van der Waals surface area contributed by atoms with Crippen molar-refractivity contribution in [3.63, 3.8) is 0 Å². The van der Waals surface area contributed by atoms with Crippen molar-refractivity contribution in [1.29, 1.82) is 0 Å². The number of H-pyrrole nitrogens is 2. The molecule has 35 heavy (non-hydrogen) atoms. The van der Waals surface area contributed by atoms with Crippen molar-refractivity contribution >= 4 is 33.6 Å². The molecule has 2 aliphatic rings. The van der Waals surface area contributed by atoms with Gasteiger partial charge in [0.2, 0.25) is 5.91 Å². The lowest BCUT2D eigenvalue weighted by atomic mass is 9.90. The van der Waals surface area contributed by atoms with Gasteiger partial charge in [-0.3, -0.25) is 9.59 Å². The highest BCUT2D eigenvalue weighted by Gasteiger charge is 2.48. The molecule has 2 aromatic heterocycles. The zero-order valence-electron chi connectivity index (χ0n) is 19.0. The predicted molar refractivity (Wildman–Crippen MR) is 135 cm³/mol. The molecule has 172 valence electrons. The van der Waals surface area contributed by atoms with Crippen LogP contribution in [0.15, 0.2) is 79.0 Å². The van der Waals surface area contributed by atoms with E-state index < -0.39 is 6.04 Å². The first-order chi connectivity index (χ1) is 17.2. The van der Waals surface area contributed by atoms with Gasteiger partial charge in [-0.25, -0.2) is 0 Å². The highest BCUT2D eigenvalue weighted by atomic mass is 16.2. The van der Waals surface area contributed by atoms with Crippen LogP contribution in [0.1, 0.15) is 38.8 Å². The number of hydrogen-bond acceptors (Lipinski definition) is 2. The first kappa shape index (κ1) is 20.1. The van der Waals surface area contributed by atoms with E-state index in [1.54, 1.807) is 4.90 Å². The first-order valence-electron chi connectivity index (χ1n) is 12.0. The Labute approximate surface area is 202 Å². The molecule has 0 radical (unpaired) electrons. The summed E-state index contributed by atoms with van der Waals surface area (Å²) in [6.07, 6.45) is 3.22. The van der Waals surface area contributed by atoms with Gasteiger partial charge in [0.05, 0.1) is 6.04 Å². The number of nitrogens with zero attached hydrogens (tertiary/aromatic N) is 1. The third-order valence-electron chi connectivity index (χ3n) is 7.52. The SMILES string of the molecule is O=C(NCCc1c[nH]c2ccccc12)[C@@H]1Cc2c([nH]c3ccccc23)[C@@H]2c3ccccc3C(=O)N21. The zero-order chi connectivity index (χ0) is 23.5. The molecule has 4 heterocycles. The molecule has 2 atom stereocenters. The Morgan fingerprint density at radius 2 is 1.69 bits per heavy atom. The van der Waals surface area contributed by atoms with Gasteiger partial charge in [0, 0.05) is 52.2 Å². The topological polar surface area (TPSA) is 81.0 Å². The Morgan fingerprint density at radius 3 is 2.57 bits per heavy atom. The number of hydrogen-bond donors (Lipinski definition) is 3. The first-order valence-corrected chi connectivity index (χ1v) is 12.0. The number of rotatable bonds is 4. The zero-order valence-corrected chi connectivity index (χ0v) is 19.0. The summed E-state index contributed by atoms with van der Waals surface area (Å²) in [5, 5.41) is 5.42. The summed E-state index contributed by atoms with van der Waals surface area (Å²) in [5.41, 5.74) is 7.09. The fourth-order valence-electron chi connectivity index (χ4n) is 5.91. The van der Waals surface area contributed by atoms with E-state index in [0.717, 1.165) is 39.7 Å². The molecular formula is C29H24N4O2. The Hall–Kier alpha value is -4.32. The Morgan fingerprint density at radius 1 is 0.943 bits per heavy atom. The molecule has 0 fully saturated rings. The standard InChI is InChI=1S/C29H24N4O2/c34-28(30-14-13-17-16-31-23-11-5-3-7-18(17)23)25-15-22-19-8-4-6-12-24(19)32-26(22)27-20-9-1-2-10-21(20)29(35)33(25)27/h1-12,16,25,27,31-32H,13-15H2,(H,30,34)/t25-,27-/m0/s1. The molecule has 7 rings (SSSR count). The summed E-state index contributed by atoms with van der Waals surface area (Å²) in [4.78, 5) is 35.7. The lowest BCUT2D eigenvalue weighted by molar-refractivity contribution is -0.126. The molecule has 2 amide bonds. The second-order valence-corrected chi connectivity index (χ2v) is 9.39. The molecule has 0 bridgehead atoms. The van der Waals surface area contributed by atoms with Gasteiger partial charge < -0.3 is 20.2 Å². The highest BCUT2D eigenvalue weighted by Crippen LogP contribution is 2.46. The van der Waals surface area contributed by atoms with Crippen LogP contribution < -0.4 is 5.32 Å². The maximum absolute atomic E-state index is 13.6. The largest absolute Gasteiger partial charge is 0.361 e. The molecular weight excluding hydrogens is 436 g/mol. The summed E-state index contributed by atoms with van der Waals surface area (Å²) in [7, 11) is 0. The number of benzene rings is 3. The van der Waals surface area contributed by atoms with Gasteiger partial charge in [-0.2, -0.15) is 0 Å². The summed E-state index contributed by atoms with van der Waals surface area (Å²) < 4.78 is 0. The maximum Gasteiger partial charge on any atom is 0.255 e. The minimum atomic E-state index is -0.561. The molecule has 2 aliphatic heterocycles. The van der Waals surface area contributed by atoms with Crippen LogP contribution in [0.5, 0.6) is 0 Å². The lowest BCUT2D eigenvalue weighted by Crippen LogP contribution is -2.52. The Bertz CT molecular complexity index is 1630. The van der Waals surface area contributed by atoms with Crippen LogP contribution in [0.25, 0.3) is 21.8 Å². The van der Waals surface area contributed by atoms with E-state index >= 15 is 0 Å². The van der Waals surface area contributed by atoms with Crippen molar-refractivity contribution in [2.24, 2.45) is 0 Å². The number of nitrogens with one attached hydrogen (secondary N) is 3. The number of carbonyl (C=O) groups is 2. The average Bonchev–Trinajstić information content (AvgIpc) is 3.56. The van der Waals surface area contributed by atoms with Gasteiger partial charge >= 0.3 is 0 Å². The van der Waals surface area contributed by atoms with Crippen LogP contribution in [0.3, 0.4) is 0 Å². The van der Waals surface area contributed by atoms with Crippen LogP contribution in [0.4, 0.5) is 0 Å². The van der Waals surface area contributed by atoms with Crippen molar-refractivity contribution < 1.29 is 9.59 Å². The van der Waals surface area contributed by atoms with Gasteiger partial charge in [0.25, 0.3) is 5.91 Å². The van der Waals surface area contributed by atoms with E-state index in [4.69, 9.17) is 0 Å². The fourth-order valence-corrected chi connectivity index (χ4v) is 5.91. The molecule has 3 aromatic carbocycles. The average molecular weight is 461 g/mol. The minimum Gasteiger partial charge on any atom is -0.361 e. The number of amides is 2. The summed E-state index contributed by atoms with van der Waals surface area (Å²) in [6, 6.07) is 23.2. The van der Waals surface area contributed by atoms with E-state index in [-0.39, 0.29) is 17.9 Å². The molecule has 6 heteroatoms. The van der Waals surface area contributed by atoms with Crippen LogP contribution >= 0.6 is 0 Å². The fraction of sp³-hybridized carbons (Fsp3) is 0.172. The van der Waals surface area contributed by atoms with Crippen molar-refractivity contribution in [3.05, 3.63) is 107 Å². The van der Waals surface area contributed by atoms with Crippen LogP contribution in [-0.4, -0.2) is 39.3 Å². The second kappa shape index (κ2) is 7.60. The van der Waals surface area contributed by atoms with Crippen LogP contribution in [-0.2, 0) is 17.6 Å². The van der Waals surface area contributed by atoms with Crippen LogP contribution in [0, 0.1) is 0 Å². The molecule has 0 saturated carbocycles. The lowest BCUT2D eigenvalue weighted by Gasteiger charge is -2.37. The third-order valence-corrected chi connectivity index (χ3v) is 7.52. The third kappa shape index (κ3) is 2.96. The number of aromatic nitrogens is 2. The molecule has 0 aliphatic carbocycles. The Balaban J connectivity index is 1.21. The number of para-hydroxylation sites is 2. The van der Waals surface area contributed by atoms with Gasteiger partial charge in [-0.1, -0.05) is 54.6 Å². The molecule has 0 spiro atoms. The van der Waals surface area contributed by atoms with Gasteiger partial charge in [-0.15, -0.1) is 0 Å². The van der Waals surface area contributed by atoms with E-state index in [9.17, 15) is 9.59 Å². The van der Waals surface area contributed by atoms with Crippen LogP contribution in [0.2, 0.25) is 0 Å². The monoisotopic (exact) mass is 460 g/mol. The summed E-state index contributed by atoms with van der Waals surface area (Å²) in [5.74, 6) is -0.182. The van der Waals surface area contributed by atoms with Crippen molar-refractivity contribution in [3.8, 4) is 0 Å². The smallest absolute Gasteiger partial charge is 0.255 e. The predicted octanol–water partition coefficient (Wildman–Crippen LogP) is 4.48. The van der Waals surface area contributed by atoms with E-state index in [1.165, 1.54) is 10.9 Å². The van der Waals surface area contributed by atoms with Gasteiger partial charge in [-0.05, 0) is 41.3 Å². The molecule has 6 nitrogen and oxygen atoms in total.